The normalized spacial score (nSPS) is 11.9. The summed E-state index contributed by atoms with van der Waals surface area (Å²) >= 11 is 0. The van der Waals surface area contributed by atoms with Crippen molar-refractivity contribution in [3.8, 4) is 0 Å². The van der Waals surface area contributed by atoms with Gasteiger partial charge in [-0.3, -0.25) is 4.79 Å². The Labute approximate surface area is 135 Å². The predicted molar refractivity (Wildman–Crippen MR) is 90.2 cm³/mol. The fraction of sp³-hybridized carbons (Fsp3) is 0.250. The second kappa shape index (κ2) is 7.85. The number of benzene rings is 1. The average molecular weight is 333 g/mol. The van der Waals surface area contributed by atoms with E-state index < -0.39 is 10.0 Å². The van der Waals surface area contributed by atoms with E-state index >= 15 is 0 Å². The Bertz CT molecular complexity index is 824. The van der Waals surface area contributed by atoms with Crippen LogP contribution in [-0.4, -0.2) is 24.7 Å². The number of aryl methyl sites for hydroxylation is 2. The molecule has 0 radical (unpaired) electrons. The van der Waals surface area contributed by atoms with Gasteiger partial charge in [-0.05, 0) is 31.1 Å². The molecule has 1 aromatic carbocycles. The van der Waals surface area contributed by atoms with Gasteiger partial charge in [-0.2, -0.15) is 5.10 Å². The van der Waals surface area contributed by atoms with Crippen molar-refractivity contribution in [2.75, 3.05) is 6.54 Å². The number of nitrogens with zero attached hydrogens (tertiary/aromatic N) is 2. The zero-order chi connectivity index (χ0) is 16.7. The molecule has 0 aliphatic heterocycles. The highest BCUT2D eigenvalue weighted by atomic mass is 32.2. The van der Waals surface area contributed by atoms with Gasteiger partial charge in [0.2, 0.25) is 10.0 Å². The van der Waals surface area contributed by atoms with Crippen LogP contribution in [0.2, 0.25) is 0 Å². The molecule has 0 saturated heterocycles. The highest BCUT2D eigenvalue weighted by Gasteiger charge is 2.04. The summed E-state index contributed by atoms with van der Waals surface area (Å²) in [4.78, 5) is 11.4. The maximum Gasteiger partial charge on any atom is 0.266 e. The van der Waals surface area contributed by atoms with Crippen LogP contribution in [0, 0.1) is 6.92 Å². The molecule has 0 aliphatic carbocycles. The van der Waals surface area contributed by atoms with E-state index in [9.17, 15) is 13.2 Å². The van der Waals surface area contributed by atoms with E-state index in [1.165, 1.54) is 16.9 Å². The minimum absolute atomic E-state index is 0.199. The predicted octanol–water partition coefficient (Wildman–Crippen LogP) is 1.53. The van der Waals surface area contributed by atoms with E-state index in [1.807, 2.05) is 31.2 Å². The zero-order valence-electron chi connectivity index (χ0n) is 12.8. The lowest BCUT2D eigenvalue weighted by atomic mass is 10.2. The molecule has 6 nitrogen and oxygen atoms in total. The molecule has 0 fully saturated rings. The van der Waals surface area contributed by atoms with Crippen LogP contribution in [0.3, 0.4) is 0 Å². The van der Waals surface area contributed by atoms with Gasteiger partial charge in [0.1, 0.15) is 0 Å². The minimum Gasteiger partial charge on any atom is -0.268 e. The summed E-state index contributed by atoms with van der Waals surface area (Å²) in [6.07, 6.45) is 3.55. The molecule has 0 saturated carbocycles. The second-order valence-electron chi connectivity index (χ2n) is 5.09. The van der Waals surface area contributed by atoms with E-state index in [1.54, 1.807) is 12.1 Å². The van der Waals surface area contributed by atoms with Crippen molar-refractivity contribution in [1.82, 2.24) is 14.5 Å². The third-order valence-corrected chi connectivity index (χ3v) is 4.25. The van der Waals surface area contributed by atoms with Gasteiger partial charge in [-0.15, -0.1) is 0 Å². The van der Waals surface area contributed by atoms with Crippen molar-refractivity contribution in [1.29, 1.82) is 0 Å². The quantitative estimate of drug-likeness (QED) is 0.779. The fourth-order valence-electron chi connectivity index (χ4n) is 1.89. The lowest BCUT2D eigenvalue weighted by Crippen LogP contribution is -2.26. The van der Waals surface area contributed by atoms with Gasteiger partial charge in [0.25, 0.3) is 5.56 Å². The summed E-state index contributed by atoms with van der Waals surface area (Å²) in [5.74, 6) is 0. The van der Waals surface area contributed by atoms with Crippen molar-refractivity contribution >= 4 is 16.1 Å². The summed E-state index contributed by atoms with van der Waals surface area (Å²) in [6.45, 7) is 2.58. The van der Waals surface area contributed by atoms with Crippen molar-refractivity contribution < 1.29 is 8.42 Å². The molecule has 0 bridgehead atoms. The van der Waals surface area contributed by atoms with E-state index in [0.717, 1.165) is 16.5 Å². The zero-order valence-corrected chi connectivity index (χ0v) is 13.7. The highest BCUT2D eigenvalue weighted by molar-refractivity contribution is 7.92. The summed E-state index contributed by atoms with van der Waals surface area (Å²) in [5.41, 5.74) is 1.74. The molecule has 122 valence electrons. The third kappa shape index (κ3) is 5.80. The summed E-state index contributed by atoms with van der Waals surface area (Å²) in [5, 5.41) is 5.05. The molecular formula is C16H19N3O3S. The molecule has 7 heteroatoms. The maximum absolute atomic E-state index is 11.9. The highest BCUT2D eigenvalue weighted by Crippen LogP contribution is 2.06. The van der Waals surface area contributed by atoms with Gasteiger partial charge in [-0.25, -0.2) is 17.8 Å². The van der Waals surface area contributed by atoms with E-state index in [0.29, 0.717) is 13.0 Å². The monoisotopic (exact) mass is 333 g/mol. The van der Waals surface area contributed by atoms with Gasteiger partial charge in [-0.1, -0.05) is 29.8 Å². The molecule has 0 unspecified atom stereocenters. The first-order valence-corrected chi connectivity index (χ1v) is 8.77. The van der Waals surface area contributed by atoms with Crippen LogP contribution in [0.5, 0.6) is 0 Å². The minimum atomic E-state index is -3.49. The topological polar surface area (TPSA) is 81.1 Å². The van der Waals surface area contributed by atoms with Crippen molar-refractivity contribution in [2.45, 2.75) is 19.9 Å². The molecule has 1 aromatic heterocycles. The van der Waals surface area contributed by atoms with Gasteiger partial charge in [0, 0.05) is 30.8 Å². The summed E-state index contributed by atoms with van der Waals surface area (Å²) < 4.78 is 27.5. The molecule has 2 rings (SSSR count). The molecule has 0 atom stereocenters. The lowest BCUT2D eigenvalue weighted by molar-refractivity contribution is 0.537. The van der Waals surface area contributed by atoms with Crippen molar-refractivity contribution in [3.63, 3.8) is 0 Å². The standard InChI is InChI=1S/C16H19N3O3S/c1-14-5-7-15(8-6-14)9-13-23(21,22)18-11-3-12-19-16(20)4-2-10-17-19/h2,4-10,13,18H,3,11-12H2,1H3/b13-9+. The Hall–Kier alpha value is -2.25. The lowest BCUT2D eigenvalue weighted by Gasteiger charge is -2.04. The van der Waals surface area contributed by atoms with Crippen LogP contribution in [0.4, 0.5) is 0 Å². The van der Waals surface area contributed by atoms with Gasteiger partial charge in [0.05, 0.1) is 0 Å². The number of hydrogen-bond donors (Lipinski definition) is 1. The Balaban J connectivity index is 1.83. The molecule has 0 aliphatic rings. The van der Waals surface area contributed by atoms with Crippen LogP contribution in [0.15, 0.2) is 52.8 Å². The van der Waals surface area contributed by atoms with Crippen molar-refractivity contribution in [3.05, 3.63) is 69.5 Å². The summed E-state index contributed by atoms with van der Waals surface area (Å²) in [7, 11) is -3.49. The van der Waals surface area contributed by atoms with Gasteiger partial charge >= 0.3 is 0 Å². The number of sulfonamides is 1. The molecule has 0 amide bonds. The fourth-order valence-corrected chi connectivity index (χ4v) is 2.75. The SMILES string of the molecule is Cc1ccc(/C=C/S(=O)(=O)NCCCn2ncccc2=O)cc1. The molecular weight excluding hydrogens is 314 g/mol. The first kappa shape index (κ1) is 17.1. The number of aromatic nitrogens is 2. The first-order chi connectivity index (χ1) is 11.0. The van der Waals surface area contributed by atoms with E-state index in [4.69, 9.17) is 0 Å². The molecule has 23 heavy (non-hydrogen) atoms. The summed E-state index contributed by atoms with van der Waals surface area (Å²) in [6, 6.07) is 10.5. The van der Waals surface area contributed by atoms with Crippen LogP contribution >= 0.6 is 0 Å². The van der Waals surface area contributed by atoms with E-state index in [-0.39, 0.29) is 12.1 Å². The number of hydrogen-bond acceptors (Lipinski definition) is 4. The average Bonchev–Trinajstić information content (AvgIpc) is 2.53. The first-order valence-electron chi connectivity index (χ1n) is 7.23. The molecule has 1 N–H and O–H groups in total. The molecule has 1 heterocycles. The smallest absolute Gasteiger partial charge is 0.266 e. The Morgan fingerprint density at radius 1 is 1.22 bits per heavy atom. The third-order valence-electron chi connectivity index (χ3n) is 3.15. The Morgan fingerprint density at radius 2 is 1.96 bits per heavy atom. The molecule has 0 spiro atoms. The van der Waals surface area contributed by atoms with Gasteiger partial charge < -0.3 is 0 Å². The number of rotatable bonds is 7. The largest absolute Gasteiger partial charge is 0.268 e. The van der Waals surface area contributed by atoms with Crippen LogP contribution in [0.25, 0.3) is 6.08 Å². The Kier molecular flexibility index (Phi) is 5.84. The van der Waals surface area contributed by atoms with E-state index in [2.05, 4.69) is 9.82 Å². The van der Waals surface area contributed by atoms with Gasteiger partial charge in [0.15, 0.2) is 0 Å². The Morgan fingerprint density at radius 3 is 2.65 bits per heavy atom. The molecule has 2 aromatic rings. The number of nitrogens with one attached hydrogen (secondary N) is 1. The van der Waals surface area contributed by atoms with Crippen LogP contribution < -0.4 is 10.3 Å². The second-order valence-corrected chi connectivity index (χ2v) is 6.74. The van der Waals surface area contributed by atoms with Crippen molar-refractivity contribution in [2.24, 2.45) is 0 Å². The van der Waals surface area contributed by atoms with Crippen LogP contribution in [-0.2, 0) is 16.6 Å². The maximum atomic E-state index is 11.9. The van der Waals surface area contributed by atoms with Crippen LogP contribution in [0.1, 0.15) is 17.5 Å².